The number of amides is 1. The van der Waals surface area contributed by atoms with Gasteiger partial charge < -0.3 is 10.4 Å². The monoisotopic (exact) mass is 335 g/mol. The molecule has 124 valence electrons. The zero-order valence-electron chi connectivity index (χ0n) is 13.2. The summed E-state index contributed by atoms with van der Waals surface area (Å²) >= 11 is 1.47. The van der Waals surface area contributed by atoms with Gasteiger partial charge in [-0.3, -0.25) is 9.59 Å². The molecule has 2 N–H and O–H groups in total. The van der Waals surface area contributed by atoms with Gasteiger partial charge in [0.2, 0.25) is 5.91 Å². The second-order valence-electron chi connectivity index (χ2n) is 5.48. The van der Waals surface area contributed by atoms with Gasteiger partial charge in [-0.05, 0) is 24.8 Å². The molecule has 2 rings (SSSR count). The van der Waals surface area contributed by atoms with Crippen LogP contribution in [0.4, 0.5) is 5.82 Å². The number of hydrogen-bond donors (Lipinski definition) is 2. The normalized spacial score (nSPS) is 13.5. The van der Waals surface area contributed by atoms with Crippen molar-refractivity contribution in [3.8, 4) is 0 Å². The first-order chi connectivity index (χ1) is 11.0. The maximum Gasteiger partial charge on any atom is 0.304 e. The summed E-state index contributed by atoms with van der Waals surface area (Å²) in [6.45, 7) is 4.08. The fourth-order valence-corrected chi connectivity index (χ4v) is 3.19. The quantitative estimate of drug-likeness (QED) is 0.773. The van der Waals surface area contributed by atoms with Crippen LogP contribution < -0.4 is 5.32 Å². The van der Waals surface area contributed by atoms with Gasteiger partial charge in [0.15, 0.2) is 0 Å². The molecule has 0 bridgehead atoms. The first kappa shape index (κ1) is 17.2. The third kappa shape index (κ3) is 4.66. The summed E-state index contributed by atoms with van der Waals surface area (Å²) < 4.78 is 1.77. The summed E-state index contributed by atoms with van der Waals surface area (Å²) in [4.78, 5) is 24.3. The Morgan fingerprint density at radius 3 is 2.78 bits per heavy atom. The average Bonchev–Trinajstić information content (AvgIpc) is 3.16. The van der Waals surface area contributed by atoms with E-state index in [9.17, 15) is 9.59 Å². The van der Waals surface area contributed by atoms with Crippen LogP contribution in [0.3, 0.4) is 0 Å². The second-order valence-corrected chi connectivity index (χ2v) is 6.46. The van der Waals surface area contributed by atoms with Gasteiger partial charge in [0.05, 0.1) is 18.7 Å². The Morgan fingerprint density at radius 2 is 2.17 bits per heavy atom. The average molecular weight is 335 g/mol. The van der Waals surface area contributed by atoms with Crippen LogP contribution in [-0.2, 0) is 9.59 Å². The summed E-state index contributed by atoms with van der Waals surface area (Å²) in [7, 11) is 0. The third-order valence-electron chi connectivity index (χ3n) is 3.74. The number of carbonyl (C=O) groups excluding carboxylic acids is 1. The lowest BCUT2D eigenvalue weighted by atomic mass is 9.99. The highest BCUT2D eigenvalue weighted by molar-refractivity contribution is 7.10. The van der Waals surface area contributed by atoms with Gasteiger partial charge in [-0.15, -0.1) is 11.3 Å². The van der Waals surface area contributed by atoms with E-state index in [1.807, 2.05) is 24.4 Å². The Bertz CT molecular complexity index is 651. The number of carboxylic acid groups (broad SMARTS) is 1. The summed E-state index contributed by atoms with van der Waals surface area (Å²) in [6.07, 6.45) is 2.63. The van der Waals surface area contributed by atoms with Crippen LogP contribution in [0.15, 0.2) is 29.8 Å². The largest absolute Gasteiger partial charge is 0.481 e. The number of aromatic nitrogens is 2. The number of hydrogen-bond acceptors (Lipinski definition) is 4. The number of carbonyl (C=O) groups is 2. The standard InChI is InChI=1S/C16H21N3O3S/c1-3-11(2)19-14(6-7-17-19)18-15(20)9-12(10-16(21)22)13-5-4-8-23-13/h4-8,11-12H,3,9-10H2,1-2H3,(H,18,20)(H,21,22). The molecule has 6 nitrogen and oxygen atoms in total. The molecule has 0 aliphatic rings. The van der Waals surface area contributed by atoms with Crippen molar-refractivity contribution in [1.29, 1.82) is 0 Å². The highest BCUT2D eigenvalue weighted by Crippen LogP contribution is 2.28. The van der Waals surface area contributed by atoms with Crippen LogP contribution in [0.5, 0.6) is 0 Å². The minimum atomic E-state index is -0.902. The molecule has 7 heteroatoms. The number of aliphatic carboxylic acids is 1. The van der Waals surface area contributed by atoms with Gasteiger partial charge in [0, 0.05) is 23.3 Å². The Hall–Kier alpha value is -2.15. The predicted molar refractivity (Wildman–Crippen MR) is 89.8 cm³/mol. The fourth-order valence-electron chi connectivity index (χ4n) is 2.36. The molecule has 2 aromatic heterocycles. The molecule has 2 unspecified atom stereocenters. The van der Waals surface area contributed by atoms with Gasteiger partial charge in [-0.25, -0.2) is 4.68 Å². The van der Waals surface area contributed by atoms with E-state index in [0.717, 1.165) is 11.3 Å². The summed E-state index contributed by atoms with van der Waals surface area (Å²) in [5, 5.41) is 18.0. The Balaban J connectivity index is 2.05. The van der Waals surface area contributed by atoms with E-state index in [1.165, 1.54) is 11.3 Å². The van der Waals surface area contributed by atoms with Crippen molar-refractivity contribution in [2.45, 2.75) is 45.1 Å². The third-order valence-corrected chi connectivity index (χ3v) is 4.78. The van der Waals surface area contributed by atoms with Gasteiger partial charge in [0.25, 0.3) is 0 Å². The van der Waals surface area contributed by atoms with E-state index >= 15 is 0 Å². The van der Waals surface area contributed by atoms with E-state index in [-0.39, 0.29) is 30.7 Å². The molecule has 0 spiro atoms. The lowest BCUT2D eigenvalue weighted by Crippen LogP contribution is -2.20. The van der Waals surface area contributed by atoms with Crippen molar-refractivity contribution in [3.63, 3.8) is 0 Å². The Kier molecular flexibility index (Phi) is 5.92. The van der Waals surface area contributed by atoms with Crippen molar-refractivity contribution in [2.24, 2.45) is 0 Å². The van der Waals surface area contributed by atoms with Crippen LogP contribution in [-0.4, -0.2) is 26.8 Å². The zero-order chi connectivity index (χ0) is 16.8. The van der Waals surface area contributed by atoms with Crippen LogP contribution in [0, 0.1) is 0 Å². The van der Waals surface area contributed by atoms with Crippen LogP contribution in [0.25, 0.3) is 0 Å². The van der Waals surface area contributed by atoms with Gasteiger partial charge in [0.1, 0.15) is 5.82 Å². The molecule has 0 radical (unpaired) electrons. The molecule has 2 aromatic rings. The van der Waals surface area contributed by atoms with E-state index < -0.39 is 5.97 Å². The second kappa shape index (κ2) is 7.92. The van der Waals surface area contributed by atoms with Crippen LogP contribution in [0.1, 0.15) is 49.9 Å². The van der Waals surface area contributed by atoms with Crippen molar-refractivity contribution < 1.29 is 14.7 Å². The van der Waals surface area contributed by atoms with Crippen LogP contribution >= 0.6 is 11.3 Å². The van der Waals surface area contributed by atoms with Gasteiger partial charge in [-0.1, -0.05) is 13.0 Å². The number of nitrogens with zero attached hydrogens (tertiary/aromatic N) is 2. The first-order valence-electron chi connectivity index (χ1n) is 7.59. The molecule has 2 heterocycles. The lowest BCUT2D eigenvalue weighted by Gasteiger charge is -2.16. The maximum absolute atomic E-state index is 12.3. The molecule has 0 saturated carbocycles. The van der Waals surface area contributed by atoms with Crippen molar-refractivity contribution in [2.75, 3.05) is 5.32 Å². The summed E-state index contributed by atoms with van der Waals surface area (Å²) in [5.74, 6) is -0.771. The molecule has 0 aliphatic heterocycles. The minimum Gasteiger partial charge on any atom is -0.481 e. The highest BCUT2D eigenvalue weighted by Gasteiger charge is 2.21. The SMILES string of the molecule is CCC(C)n1nccc1NC(=O)CC(CC(=O)O)c1cccs1. The smallest absolute Gasteiger partial charge is 0.304 e. The van der Waals surface area contributed by atoms with Crippen molar-refractivity contribution in [3.05, 3.63) is 34.7 Å². The van der Waals surface area contributed by atoms with Crippen LogP contribution in [0.2, 0.25) is 0 Å². The lowest BCUT2D eigenvalue weighted by molar-refractivity contribution is -0.137. The molecule has 0 fully saturated rings. The minimum absolute atomic E-state index is 0.0570. The Labute approximate surface area is 139 Å². The highest BCUT2D eigenvalue weighted by atomic mass is 32.1. The molecule has 0 aliphatic carbocycles. The van der Waals surface area contributed by atoms with Gasteiger partial charge in [-0.2, -0.15) is 5.10 Å². The molecular formula is C16H21N3O3S. The predicted octanol–water partition coefficient (Wildman–Crippen LogP) is 3.50. The van der Waals surface area contributed by atoms with E-state index in [1.54, 1.807) is 16.9 Å². The Morgan fingerprint density at radius 1 is 1.39 bits per heavy atom. The number of thiophene rings is 1. The molecule has 23 heavy (non-hydrogen) atoms. The topological polar surface area (TPSA) is 84.2 Å². The molecule has 1 amide bonds. The first-order valence-corrected chi connectivity index (χ1v) is 8.47. The number of carboxylic acids is 1. The zero-order valence-corrected chi connectivity index (χ0v) is 14.0. The summed E-state index contributed by atoms with van der Waals surface area (Å²) in [6, 6.07) is 5.67. The van der Waals surface area contributed by atoms with E-state index in [4.69, 9.17) is 5.11 Å². The molecule has 2 atom stereocenters. The van der Waals surface area contributed by atoms with E-state index in [0.29, 0.717) is 5.82 Å². The molecule has 0 aromatic carbocycles. The molecule has 0 saturated heterocycles. The number of rotatable bonds is 8. The fraction of sp³-hybridized carbons (Fsp3) is 0.438. The van der Waals surface area contributed by atoms with Crippen molar-refractivity contribution in [1.82, 2.24) is 9.78 Å². The number of anilines is 1. The van der Waals surface area contributed by atoms with Gasteiger partial charge >= 0.3 is 5.97 Å². The summed E-state index contributed by atoms with van der Waals surface area (Å²) in [5.41, 5.74) is 0. The molecular weight excluding hydrogens is 314 g/mol. The van der Waals surface area contributed by atoms with Crippen molar-refractivity contribution >= 4 is 29.0 Å². The van der Waals surface area contributed by atoms with E-state index in [2.05, 4.69) is 17.3 Å². The number of nitrogens with one attached hydrogen (secondary N) is 1. The maximum atomic E-state index is 12.3.